The van der Waals surface area contributed by atoms with Crippen molar-refractivity contribution in [3.05, 3.63) is 35.9 Å². The first-order chi connectivity index (χ1) is 13.6. The molecule has 0 aromatic heterocycles. The van der Waals surface area contributed by atoms with Crippen LogP contribution in [0.1, 0.15) is 39.2 Å². The van der Waals surface area contributed by atoms with Gasteiger partial charge in [-0.05, 0) is 45.1 Å². The van der Waals surface area contributed by atoms with Gasteiger partial charge in [-0.3, -0.25) is 4.79 Å². The van der Waals surface area contributed by atoms with Crippen LogP contribution in [0.4, 0.5) is 9.59 Å². The van der Waals surface area contributed by atoms with E-state index in [2.05, 4.69) is 5.32 Å². The van der Waals surface area contributed by atoms with Crippen molar-refractivity contribution in [1.29, 1.82) is 0 Å². The molecular weight excluding hydrogens is 376 g/mol. The van der Waals surface area contributed by atoms with Crippen molar-refractivity contribution in [2.24, 2.45) is 11.3 Å². The first-order valence-corrected chi connectivity index (χ1v) is 9.77. The Kier molecular flexibility index (Phi) is 5.73. The molecule has 1 heterocycles. The summed E-state index contributed by atoms with van der Waals surface area (Å²) in [5.74, 6) is -1.20. The molecule has 2 amide bonds. The fourth-order valence-electron chi connectivity index (χ4n) is 4.24. The van der Waals surface area contributed by atoms with Crippen molar-refractivity contribution >= 4 is 18.2 Å². The monoisotopic (exact) mass is 404 g/mol. The van der Waals surface area contributed by atoms with Crippen molar-refractivity contribution in [2.75, 3.05) is 13.1 Å². The van der Waals surface area contributed by atoms with E-state index in [0.29, 0.717) is 13.0 Å². The zero-order valence-electron chi connectivity index (χ0n) is 17.0. The van der Waals surface area contributed by atoms with E-state index in [9.17, 15) is 19.5 Å². The maximum Gasteiger partial charge on any atom is 0.410 e. The summed E-state index contributed by atoms with van der Waals surface area (Å²) in [5.41, 5.74) is -0.830. The van der Waals surface area contributed by atoms with E-state index in [1.54, 1.807) is 20.8 Å². The zero-order chi connectivity index (χ0) is 21.2. The number of alkyl carbamates (subject to hydrolysis) is 1. The second-order valence-corrected chi connectivity index (χ2v) is 8.86. The van der Waals surface area contributed by atoms with Gasteiger partial charge in [-0.25, -0.2) is 9.59 Å². The lowest BCUT2D eigenvalue weighted by Crippen LogP contribution is -2.42. The molecule has 3 rings (SSSR count). The molecule has 0 spiro atoms. The SMILES string of the molecule is CC(C)(C)OC(=O)N[C@@H]1C[C@@H]2CN(C(=O)OCc3ccccc3)C[C@]2(C(=O)O)C1. The van der Waals surface area contributed by atoms with Gasteiger partial charge in [0.05, 0.1) is 5.41 Å². The Balaban J connectivity index is 1.59. The third-order valence-corrected chi connectivity index (χ3v) is 5.49. The largest absolute Gasteiger partial charge is 0.481 e. The van der Waals surface area contributed by atoms with Crippen molar-refractivity contribution in [1.82, 2.24) is 10.2 Å². The van der Waals surface area contributed by atoms with E-state index in [1.165, 1.54) is 4.90 Å². The number of aliphatic carboxylic acids is 1. The highest BCUT2D eigenvalue weighted by Crippen LogP contribution is 2.49. The average Bonchev–Trinajstić information content (AvgIpc) is 3.14. The van der Waals surface area contributed by atoms with Crippen molar-refractivity contribution in [3.8, 4) is 0 Å². The van der Waals surface area contributed by atoms with Crippen LogP contribution >= 0.6 is 0 Å². The van der Waals surface area contributed by atoms with Gasteiger partial charge in [-0.1, -0.05) is 30.3 Å². The molecule has 0 bridgehead atoms. The molecule has 2 aliphatic rings. The zero-order valence-corrected chi connectivity index (χ0v) is 17.0. The lowest BCUT2D eigenvalue weighted by atomic mass is 9.81. The molecule has 1 saturated carbocycles. The molecule has 2 N–H and O–H groups in total. The molecule has 1 aromatic carbocycles. The second-order valence-electron chi connectivity index (χ2n) is 8.86. The normalized spacial score (nSPS) is 26.0. The Morgan fingerprint density at radius 1 is 1.24 bits per heavy atom. The molecule has 1 aliphatic carbocycles. The molecule has 3 atom stereocenters. The van der Waals surface area contributed by atoms with E-state index in [-0.39, 0.29) is 31.5 Å². The predicted octanol–water partition coefficient (Wildman–Crippen LogP) is 3.01. The molecule has 0 radical (unpaired) electrons. The Hall–Kier alpha value is -2.77. The number of carboxylic acid groups (broad SMARTS) is 1. The molecule has 2 fully saturated rings. The molecule has 29 heavy (non-hydrogen) atoms. The molecular formula is C21H28N2O6. The van der Waals surface area contributed by atoms with Crippen LogP contribution in [0.2, 0.25) is 0 Å². The number of amides is 2. The molecule has 1 aromatic rings. The van der Waals surface area contributed by atoms with Crippen LogP contribution in [0.25, 0.3) is 0 Å². The van der Waals surface area contributed by atoms with E-state index in [1.807, 2.05) is 30.3 Å². The summed E-state index contributed by atoms with van der Waals surface area (Å²) in [5, 5.41) is 12.7. The second kappa shape index (κ2) is 7.93. The summed E-state index contributed by atoms with van der Waals surface area (Å²) in [4.78, 5) is 38.0. The van der Waals surface area contributed by atoms with E-state index in [4.69, 9.17) is 9.47 Å². The molecule has 8 nitrogen and oxygen atoms in total. The van der Waals surface area contributed by atoms with Crippen LogP contribution in [-0.2, 0) is 20.9 Å². The summed E-state index contributed by atoms with van der Waals surface area (Å²) in [6, 6.07) is 9.02. The average molecular weight is 404 g/mol. The minimum Gasteiger partial charge on any atom is -0.481 e. The van der Waals surface area contributed by atoms with Crippen molar-refractivity contribution in [3.63, 3.8) is 0 Å². The van der Waals surface area contributed by atoms with Gasteiger partial charge in [0.15, 0.2) is 0 Å². The number of hydrogen-bond donors (Lipinski definition) is 2. The van der Waals surface area contributed by atoms with Crippen LogP contribution in [-0.4, -0.2) is 52.9 Å². The quantitative estimate of drug-likeness (QED) is 0.799. The predicted molar refractivity (Wildman–Crippen MR) is 104 cm³/mol. The van der Waals surface area contributed by atoms with Crippen molar-refractivity contribution in [2.45, 2.75) is 51.9 Å². The fourth-order valence-corrected chi connectivity index (χ4v) is 4.24. The number of likely N-dealkylation sites (tertiary alicyclic amines) is 1. The number of fused-ring (bicyclic) bond motifs is 1. The molecule has 158 valence electrons. The first kappa shape index (κ1) is 21.0. The number of hydrogen-bond acceptors (Lipinski definition) is 5. The van der Waals surface area contributed by atoms with E-state index >= 15 is 0 Å². The van der Waals surface area contributed by atoms with Crippen LogP contribution in [0, 0.1) is 11.3 Å². The van der Waals surface area contributed by atoms with Gasteiger partial charge in [-0.15, -0.1) is 0 Å². The number of ether oxygens (including phenoxy) is 2. The van der Waals surface area contributed by atoms with E-state index in [0.717, 1.165) is 5.56 Å². The number of carbonyl (C=O) groups is 3. The van der Waals surface area contributed by atoms with Gasteiger partial charge in [0, 0.05) is 19.1 Å². The number of benzene rings is 1. The van der Waals surface area contributed by atoms with Gasteiger partial charge >= 0.3 is 18.2 Å². The summed E-state index contributed by atoms with van der Waals surface area (Å²) < 4.78 is 10.6. The highest BCUT2D eigenvalue weighted by molar-refractivity contribution is 5.79. The first-order valence-electron chi connectivity index (χ1n) is 9.77. The number of nitrogens with zero attached hydrogens (tertiary/aromatic N) is 1. The smallest absolute Gasteiger partial charge is 0.410 e. The topological polar surface area (TPSA) is 105 Å². The summed E-state index contributed by atoms with van der Waals surface area (Å²) in [6.45, 7) is 5.83. The summed E-state index contributed by atoms with van der Waals surface area (Å²) in [7, 11) is 0. The molecule has 0 unspecified atom stereocenters. The molecule has 1 saturated heterocycles. The summed E-state index contributed by atoms with van der Waals surface area (Å²) in [6.07, 6.45) is -0.328. The summed E-state index contributed by atoms with van der Waals surface area (Å²) >= 11 is 0. The number of rotatable bonds is 4. The highest BCUT2D eigenvalue weighted by Gasteiger charge is 2.59. The minimum atomic E-state index is -1.08. The number of carboxylic acids is 1. The van der Waals surface area contributed by atoms with Gasteiger partial charge in [-0.2, -0.15) is 0 Å². The minimum absolute atomic E-state index is 0.0765. The Morgan fingerprint density at radius 3 is 2.52 bits per heavy atom. The lowest BCUT2D eigenvalue weighted by molar-refractivity contribution is -0.149. The Morgan fingerprint density at radius 2 is 1.93 bits per heavy atom. The standard InChI is InChI=1S/C21H28N2O6/c1-20(2,3)29-18(26)22-16-9-15-11-23(13-21(15,10-16)17(24)25)19(27)28-12-14-7-5-4-6-8-14/h4-8,15-16H,9-13H2,1-3H3,(H,22,26)(H,24,25)/t15-,16-,21-/m1/s1. The number of nitrogens with one attached hydrogen (secondary N) is 1. The fraction of sp³-hybridized carbons (Fsp3) is 0.571. The lowest BCUT2D eigenvalue weighted by Gasteiger charge is -2.25. The Labute approximate surface area is 170 Å². The third kappa shape index (κ3) is 4.81. The van der Waals surface area contributed by atoms with Gasteiger partial charge in [0.2, 0.25) is 0 Å². The Bertz CT molecular complexity index is 775. The van der Waals surface area contributed by atoms with Crippen LogP contribution in [0.15, 0.2) is 30.3 Å². The van der Waals surface area contributed by atoms with Crippen LogP contribution < -0.4 is 5.32 Å². The molecule has 1 aliphatic heterocycles. The molecule has 8 heteroatoms. The maximum absolute atomic E-state index is 12.5. The van der Waals surface area contributed by atoms with Gasteiger partial charge in [0.1, 0.15) is 12.2 Å². The van der Waals surface area contributed by atoms with Crippen molar-refractivity contribution < 1.29 is 29.0 Å². The maximum atomic E-state index is 12.5. The van der Waals surface area contributed by atoms with Gasteiger partial charge < -0.3 is 24.8 Å². The number of carbonyl (C=O) groups excluding carboxylic acids is 2. The van der Waals surface area contributed by atoms with Gasteiger partial charge in [0.25, 0.3) is 0 Å². The van der Waals surface area contributed by atoms with Crippen LogP contribution in [0.3, 0.4) is 0 Å². The van der Waals surface area contributed by atoms with Crippen LogP contribution in [0.5, 0.6) is 0 Å². The van der Waals surface area contributed by atoms with E-state index < -0.39 is 29.2 Å². The highest BCUT2D eigenvalue weighted by atomic mass is 16.6. The third-order valence-electron chi connectivity index (χ3n) is 5.49.